The van der Waals surface area contributed by atoms with Crippen molar-refractivity contribution in [3.63, 3.8) is 0 Å². The lowest BCUT2D eigenvalue weighted by Gasteiger charge is -2.09. The smallest absolute Gasteiger partial charge is 0.255 e. The molecule has 0 unspecified atom stereocenters. The molecule has 134 valence electrons. The van der Waals surface area contributed by atoms with E-state index >= 15 is 0 Å². The number of H-pyrrole nitrogens is 1. The molecular weight excluding hydrogens is 340 g/mol. The van der Waals surface area contributed by atoms with Gasteiger partial charge in [-0.2, -0.15) is 0 Å². The fourth-order valence-electron chi connectivity index (χ4n) is 2.76. The Morgan fingerprint density at radius 2 is 1.59 bits per heavy atom. The maximum absolute atomic E-state index is 12.4. The summed E-state index contributed by atoms with van der Waals surface area (Å²) in [5, 5.41) is 6.21. The SMILES string of the molecule is COc1ccc(Nc2ccc(NC(=O)c3ccc4nc[nH]c4c3)cc2)cc1. The molecule has 6 heteroatoms. The molecule has 0 fully saturated rings. The van der Waals surface area contributed by atoms with Crippen LogP contribution < -0.4 is 15.4 Å². The number of benzene rings is 3. The first-order chi connectivity index (χ1) is 13.2. The second kappa shape index (κ2) is 7.21. The summed E-state index contributed by atoms with van der Waals surface area (Å²) in [4.78, 5) is 19.6. The summed E-state index contributed by atoms with van der Waals surface area (Å²) in [5.41, 5.74) is 4.86. The standard InChI is InChI=1S/C21H18N4O2/c1-27-18-9-7-16(8-10-18)24-15-3-5-17(6-4-15)25-21(26)14-2-11-19-20(12-14)23-13-22-19/h2-13,24H,1H3,(H,22,23)(H,25,26). The van der Waals surface area contributed by atoms with Crippen LogP contribution in [0.3, 0.4) is 0 Å². The van der Waals surface area contributed by atoms with Crippen molar-refractivity contribution >= 4 is 34.0 Å². The van der Waals surface area contributed by atoms with Crippen LogP contribution in [-0.4, -0.2) is 23.0 Å². The fourth-order valence-corrected chi connectivity index (χ4v) is 2.76. The topological polar surface area (TPSA) is 79.0 Å². The summed E-state index contributed by atoms with van der Waals surface area (Å²) >= 11 is 0. The first-order valence-electron chi connectivity index (χ1n) is 8.47. The van der Waals surface area contributed by atoms with E-state index in [2.05, 4.69) is 20.6 Å². The molecule has 6 nitrogen and oxygen atoms in total. The summed E-state index contributed by atoms with van der Waals surface area (Å²) in [6.45, 7) is 0. The number of rotatable bonds is 5. The molecule has 4 rings (SSSR count). The Labute approximate surface area is 156 Å². The van der Waals surface area contributed by atoms with Crippen LogP contribution >= 0.6 is 0 Å². The number of carbonyl (C=O) groups excluding carboxylic acids is 1. The quantitative estimate of drug-likeness (QED) is 0.488. The van der Waals surface area contributed by atoms with Crippen LogP contribution in [0.2, 0.25) is 0 Å². The number of hydrogen-bond donors (Lipinski definition) is 3. The van der Waals surface area contributed by atoms with E-state index in [0.29, 0.717) is 5.56 Å². The Balaban J connectivity index is 1.42. The lowest BCUT2D eigenvalue weighted by molar-refractivity contribution is 0.102. The third-order valence-corrected chi connectivity index (χ3v) is 4.20. The van der Waals surface area contributed by atoms with Crippen molar-refractivity contribution in [1.29, 1.82) is 0 Å². The van der Waals surface area contributed by atoms with Gasteiger partial charge in [-0.3, -0.25) is 4.79 Å². The number of carbonyl (C=O) groups is 1. The average Bonchev–Trinajstić information content (AvgIpc) is 3.18. The Morgan fingerprint density at radius 1 is 0.926 bits per heavy atom. The molecule has 0 aliphatic carbocycles. The highest BCUT2D eigenvalue weighted by Crippen LogP contribution is 2.22. The van der Waals surface area contributed by atoms with Gasteiger partial charge in [0, 0.05) is 22.6 Å². The zero-order valence-corrected chi connectivity index (χ0v) is 14.7. The minimum absolute atomic E-state index is 0.164. The molecule has 0 aliphatic heterocycles. The van der Waals surface area contributed by atoms with Gasteiger partial charge in [-0.15, -0.1) is 0 Å². The minimum Gasteiger partial charge on any atom is -0.497 e. The number of methoxy groups -OCH3 is 1. The van der Waals surface area contributed by atoms with Crippen molar-refractivity contribution < 1.29 is 9.53 Å². The number of imidazole rings is 1. The summed E-state index contributed by atoms with van der Waals surface area (Å²) < 4.78 is 5.15. The number of anilines is 3. The van der Waals surface area contributed by atoms with Gasteiger partial charge in [0.15, 0.2) is 0 Å². The van der Waals surface area contributed by atoms with E-state index in [-0.39, 0.29) is 5.91 Å². The highest BCUT2D eigenvalue weighted by Gasteiger charge is 2.08. The molecule has 1 aromatic heterocycles. The molecule has 1 amide bonds. The largest absolute Gasteiger partial charge is 0.497 e. The number of nitrogens with zero attached hydrogens (tertiary/aromatic N) is 1. The minimum atomic E-state index is -0.164. The number of aromatic nitrogens is 2. The number of fused-ring (bicyclic) bond motifs is 1. The molecule has 3 aromatic carbocycles. The normalized spacial score (nSPS) is 10.6. The first-order valence-corrected chi connectivity index (χ1v) is 8.47. The molecule has 0 aliphatic rings. The average molecular weight is 358 g/mol. The molecule has 0 bridgehead atoms. The highest BCUT2D eigenvalue weighted by molar-refractivity contribution is 6.05. The summed E-state index contributed by atoms with van der Waals surface area (Å²) in [7, 11) is 1.64. The van der Waals surface area contributed by atoms with Crippen LogP contribution in [0.4, 0.5) is 17.1 Å². The van der Waals surface area contributed by atoms with Crippen LogP contribution in [0.25, 0.3) is 11.0 Å². The zero-order valence-electron chi connectivity index (χ0n) is 14.7. The lowest BCUT2D eigenvalue weighted by Crippen LogP contribution is -2.11. The van der Waals surface area contributed by atoms with Crippen molar-refractivity contribution in [2.24, 2.45) is 0 Å². The number of nitrogens with one attached hydrogen (secondary N) is 3. The van der Waals surface area contributed by atoms with E-state index in [4.69, 9.17) is 4.74 Å². The van der Waals surface area contributed by atoms with E-state index in [1.165, 1.54) is 0 Å². The second-order valence-electron chi connectivity index (χ2n) is 6.02. The molecule has 1 heterocycles. The van der Waals surface area contributed by atoms with Crippen LogP contribution in [0.15, 0.2) is 73.1 Å². The van der Waals surface area contributed by atoms with Crippen LogP contribution in [0.5, 0.6) is 5.75 Å². The van der Waals surface area contributed by atoms with Crippen molar-refractivity contribution in [2.45, 2.75) is 0 Å². The van der Waals surface area contributed by atoms with Crippen molar-refractivity contribution in [3.05, 3.63) is 78.6 Å². The molecule has 4 aromatic rings. The number of aromatic amines is 1. The van der Waals surface area contributed by atoms with Gasteiger partial charge in [-0.25, -0.2) is 4.98 Å². The Morgan fingerprint density at radius 3 is 2.30 bits per heavy atom. The second-order valence-corrected chi connectivity index (χ2v) is 6.02. The predicted molar refractivity (Wildman–Crippen MR) is 107 cm³/mol. The molecule has 0 saturated carbocycles. The molecule has 0 spiro atoms. The van der Waals surface area contributed by atoms with E-state index < -0.39 is 0 Å². The third kappa shape index (κ3) is 3.74. The van der Waals surface area contributed by atoms with Crippen LogP contribution in [0.1, 0.15) is 10.4 Å². The number of amides is 1. The molecule has 0 atom stereocenters. The summed E-state index contributed by atoms with van der Waals surface area (Å²) in [5.74, 6) is 0.647. The predicted octanol–water partition coefficient (Wildman–Crippen LogP) is 4.57. The molecule has 0 saturated heterocycles. The fraction of sp³-hybridized carbons (Fsp3) is 0.0476. The summed E-state index contributed by atoms with van der Waals surface area (Å²) in [6.07, 6.45) is 1.61. The number of ether oxygens (including phenoxy) is 1. The van der Waals surface area contributed by atoms with Gasteiger partial charge in [0.1, 0.15) is 5.75 Å². The van der Waals surface area contributed by atoms with Gasteiger partial charge in [-0.1, -0.05) is 0 Å². The van der Waals surface area contributed by atoms with E-state index in [1.807, 2.05) is 54.6 Å². The van der Waals surface area contributed by atoms with Crippen LogP contribution in [-0.2, 0) is 0 Å². The third-order valence-electron chi connectivity index (χ3n) is 4.20. The van der Waals surface area contributed by atoms with Crippen molar-refractivity contribution in [3.8, 4) is 5.75 Å². The Hall–Kier alpha value is -3.80. The maximum atomic E-state index is 12.4. The van der Waals surface area contributed by atoms with Crippen molar-refractivity contribution in [2.75, 3.05) is 17.7 Å². The van der Waals surface area contributed by atoms with Gasteiger partial charge in [0.05, 0.1) is 24.5 Å². The molecule has 3 N–H and O–H groups in total. The zero-order chi connectivity index (χ0) is 18.6. The van der Waals surface area contributed by atoms with E-state index in [0.717, 1.165) is 33.8 Å². The monoisotopic (exact) mass is 358 g/mol. The van der Waals surface area contributed by atoms with Gasteiger partial charge in [0.2, 0.25) is 0 Å². The number of hydrogen-bond acceptors (Lipinski definition) is 4. The van der Waals surface area contributed by atoms with Gasteiger partial charge in [0.25, 0.3) is 5.91 Å². The van der Waals surface area contributed by atoms with Gasteiger partial charge >= 0.3 is 0 Å². The molecular formula is C21H18N4O2. The van der Waals surface area contributed by atoms with E-state index in [1.54, 1.807) is 25.6 Å². The lowest BCUT2D eigenvalue weighted by atomic mass is 10.2. The van der Waals surface area contributed by atoms with E-state index in [9.17, 15) is 4.79 Å². The van der Waals surface area contributed by atoms with Crippen molar-refractivity contribution in [1.82, 2.24) is 9.97 Å². The molecule has 27 heavy (non-hydrogen) atoms. The molecule has 0 radical (unpaired) electrons. The van der Waals surface area contributed by atoms with Gasteiger partial charge < -0.3 is 20.4 Å². The van der Waals surface area contributed by atoms with Crippen LogP contribution in [0, 0.1) is 0 Å². The Kier molecular flexibility index (Phi) is 4.45. The maximum Gasteiger partial charge on any atom is 0.255 e. The summed E-state index contributed by atoms with van der Waals surface area (Å²) in [6, 6.07) is 20.6. The Bertz CT molecular complexity index is 1070. The van der Waals surface area contributed by atoms with Gasteiger partial charge in [-0.05, 0) is 66.7 Å². The first kappa shape index (κ1) is 16.7. The highest BCUT2D eigenvalue weighted by atomic mass is 16.5.